The van der Waals surface area contributed by atoms with Crippen LogP contribution in [0.25, 0.3) is 10.9 Å². The smallest absolute Gasteiger partial charge is 0.278 e. The van der Waals surface area contributed by atoms with Crippen molar-refractivity contribution in [3.05, 3.63) is 36.0 Å². The van der Waals surface area contributed by atoms with Crippen molar-refractivity contribution in [1.29, 1.82) is 0 Å². The largest absolute Gasteiger partial charge is 0.343 e. The molecule has 1 aromatic heterocycles. The standard InChI is InChI=1S/C10H9F2N/c1-13-8-5-3-2-4-7(8)6-9(13)10(11)12/h2-6,10H,1H3. The molecular formula is C10H9F2N. The second-order valence-corrected chi connectivity index (χ2v) is 2.99. The summed E-state index contributed by atoms with van der Waals surface area (Å²) < 4.78 is 26.4. The van der Waals surface area contributed by atoms with E-state index in [1.807, 2.05) is 24.3 Å². The molecule has 1 heterocycles. The molecule has 0 N–H and O–H groups in total. The van der Waals surface area contributed by atoms with Gasteiger partial charge in [0, 0.05) is 18.0 Å². The highest BCUT2D eigenvalue weighted by molar-refractivity contribution is 5.81. The monoisotopic (exact) mass is 181 g/mol. The Kier molecular flexibility index (Phi) is 1.79. The number of alkyl halides is 2. The first-order valence-corrected chi connectivity index (χ1v) is 4.02. The first-order chi connectivity index (χ1) is 6.20. The van der Waals surface area contributed by atoms with E-state index in [4.69, 9.17) is 0 Å². The van der Waals surface area contributed by atoms with Crippen molar-refractivity contribution in [2.75, 3.05) is 0 Å². The molecule has 0 radical (unpaired) electrons. The van der Waals surface area contributed by atoms with Crippen molar-refractivity contribution in [1.82, 2.24) is 4.57 Å². The molecule has 0 unspecified atom stereocenters. The number of nitrogens with zero attached hydrogens (tertiary/aromatic N) is 1. The molecule has 2 aromatic rings. The third-order valence-electron chi connectivity index (χ3n) is 2.21. The first kappa shape index (κ1) is 8.23. The van der Waals surface area contributed by atoms with Gasteiger partial charge in [-0.3, -0.25) is 0 Å². The van der Waals surface area contributed by atoms with Gasteiger partial charge in [-0.05, 0) is 12.1 Å². The molecule has 13 heavy (non-hydrogen) atoms. The summed E-state index contributed by atoms with van der Waals surface area (Å²) in [6.07, 6.45) is -2.41. The van der Waals surface area contributed by atoms with E-state index in [-0.39, 0.29) is 5.69 Å². The van der Waals surface area contributed by atoms with Crippen LogP contribution >= 0.6 is 0 Å². The Labute approximate surface area is 74.6 Å². The van der Waals surface area contributed by atoms with Gasteiger partial charge in [0.05, 0.1) is 5.69 Å². The molecule has 68 valence electrons. The van der Waals surface area contributed by atoms with Gasteiger partial charge in [-0.15, -0.1) is 0 Å². The zero-order chi connectivity index (χ0) is 9.42. The van der Waals surface area contributed by atoms with Crippen LogP contribution in [0.15, 0.2) is 30.3 Å². The Morgan fingerprint density at radius 3 is 2.54 bits per heavy atom. The first-order valence-electron chi connectivity index (χ1n) is 4.02. The number of benzene rings is 1. The quantitative estimate of drug-likeness (QED) is 0.637. The minimum Gasteiger partial charge on any atom is -0.343 e. The minimum absolute atomic E-state index is 0.0706. The molecule has 3 heteroatoms. The van der Waals surface area contributed by atoms with Gasteiger partial charge < -0.3 is 4.57 Å². The molecule has 1 aromatic carbocycles. The van der Waals surface area contributed by atoms with Crippen molar-refractivity contribution >= 4 is 10.9 Å². The predicted octanol–water partition coefficient (Wildman–Crippen LogP) is 3.12. The fourth-order valence-electron chi connectivity index (χ4n) is 1.52. The van der Waals surface area contributed by atoms with Gasteiger partial charge in [0.2, 0.25) is 0 Å². The summed E-state index contributed by atoms with van der Waals surface area (Å²) in [6.45, 7) is 0. The van der Waals surface area contributed by atoms with Gasteiger partial charge in [0.1, 0.15) is 0 Å². The van der Waals surface area contributed by atoms with Crippen LogP contribution in [-0.2, 0) is 7.05 Å². The number of aromatic nitrogens is 1. The summed E-state index contributed by atoms with van der Waals surface area (Å²) >= 11 is 0. The second-order valence-electron chi connectivity index (χ2n) is 2.99. The van der Waals surface area contributed by atoms with E-state index in [0.717, 1.165) is 10.9 Å². The maximum atomic E-state index is 12.4. The third kappa shape index (κ3) is 1.20. The molecule has 0 fully saturated rings. The highest BCUT2D eigenvalue weighted by Gasteiger charge is 2.13. The average molecular weight is 181 g/mol. The van der Waals surface area contributed by atoms with Crippen molar-refractivity contribution in [2.24, 2.45) is 7.05 Å². The van der Waals surface area contributed by atoms with Gasteiger partial charge in [-0.25, -0.2) is 8.78 Å². The van der Waals surface area contributed by atoms with Crippen LogP contribution in [0.3, 0.4) is 0 Å². The summed E-state index contributed by atoms with van der Waals surface area (Å²) in [5, 5.41) is 0.861. The molecule has 0 aliphatic heterocycles. The third-order valence-corrected chi connectivity index (χ3v) is 2.21. The maximum absolute atomic E-state index is 12.4. The van der Waals surface area contributed by atoms with Crippen molar-refractivity contribution in [3.63, 3.8) is 0 Å². The van der Waals surface area contributed by atoms with Crippen LogP contribution in [0.2, 0.25) is 0 Å². The fraction of sp³-hybridized carbons (Fsp3) is 0.200. The Morgan fingerprint density at radius 1 is 1.23 bits per heavy atom. The lowest BCUT2D eigenvalue weighted by Crippen LogP contribution is -1.95. The number of rotatable bonds is 1. The normalized spacial score (nSPS) is 11.4. The topological polar surface area (TPSA) is 4.93 Å². The molecular weight excluding hydrogens is 172 g/mol. The Bertz CT molecular complexity index is 431. The molecule has 0 atom stereocenters. The number of fused-ring (bicyclic) bond motifs is 1. The fourth-order valence-corrected chi connectivity index (χ4v) is 1.52. The number of halogens is 2. The van der Waals surface area contributed by atoms with Crippen molar-refractivity contribution in [3.8, 4) is 0 Å². The molecule has 1 nitrogen and oxygen atoms in total. The van der Waals surface area contributed by atoms with E-state index in [0.29, 0.717) is 0 Å². The minimum atomic E-state index is -2.41. The predicted molar refractivity (Wildman–Crippen MR) is 47.9 cm³/mol. The van der Waals surface area contributed by atoms with Crippen LogP contribution in [0.5, 0.6) is 0 Å². The van der Waals surface area contributed by atoms with E-state index in [2.05, 4.69) is 0 Å². The van der Waals surface area contributed by atoms with Crippen LogP contribution in [-0.4, -0.2) is 4.57 Å². The Morgan fingerprint density at radius 2 is 1.92 bits per heavy atom. The number of hydrogen-bond donors (Lipinski definition) is 0. The molecule has 0 aliphatic rings. The highest BCUT2D eigenvalue weighted by Crippen LogP contribution is 2.25. The summed E-state index contributed by atoms with van der Waals surface area (Å²) in [6, 6.07) is 8.89. The molecule has 0 saturated carbocycles. The molecule has 0 aliphatic carbocycles. The van der Waals surface area contributed by atoms with E-state index < -0.39 is 6.43 Å². The van der Waals surface area contributed by atoms with Gasteiger partial charge in [0.15, 0.2) is 0 Å². The molecule has 0 amide bonds. The number of para-hydroxylation sites is 1. The van der Waals surface area contributed by atoms with E-state index in [1.165, 1.54) is 10.6 Å². The lowest BCUT2D eigenvalue weighted by atomic mass is 10.2. The van der Waals surface area contributed by atoms with Crippen LogP contribution in [0, 0.1) is 0 Å². The van der Waals surface area contributed by atoms with Crippen LogP contribution in [0.4, 0.5) is 8.78 Å². The van der Waals surface area contributed by atoms with E-state index >= 15 is 0 Å². The molecule has 0 saturated heterocycles. The summed E-state index contributed by atoms with van der Waals surface area (Å²) in [5.74, 6) is 0. The number of hydrogen-bond acceptors (Lipinski definition) is 0. The van der Waals surface area contributed by atoms with Crippen molar-refractivity contribution in [2.45, 2.75) is 6.43 Å². The van der Waals surface area contributed by atoms with Crippen LogP contribution in [0.1, 0.15) is 12.1 Å². The highest BCUT2D eigenvalue weighted by atomic mass is 19.3. The summed E-state index contributed by atoms with van der Waals surface area (Å²) in [7, 11) is 1.66. The molecule has 2 rings (SSSR count). The van der Waals surface area contributed by atoms with E-state index in [1.54, 1.807) is 7.05 Å². The zero-order valence-corrected chi connectivity index (χ0v) is 7.17. The Hall–Kier alpha value is -1.38. The Balaban J connectivity index is 2.74. The van der Waals surface area contributed by atoms with Gasteiger partial charge >= 0.3 is 0 Å². The lowest BCUT2D eigenvalue weighted by molar-refractivity contribution is 0.143. The number of aryl methyl sites for hydroxylation is 1. The summed E-state index contributed by atoms with van der Waals surface area (Å²) in [4.78, 5) is 0. The average Bonchev–Trinajstić information content (AvgIpc) is 2.45. The summed E-state index contributed by atoms with van der Waals surface area (Å²) in [5.41, 5.74) is 0.916. The zero-order valence-electron chi connectivity index (χ0n) is 7.17. The molecule has 0 bridgehead atoms. The lowest BCUT2D eigenvalue weighted by Gasteiger charge is -2.01. The van der Waals surface area contributed by atoms with Crippen molar-refractivity contribution < 1.29 is 8.78 Å². The van der Waals surface area contributed by atoms with Gasteiger partial charge in [-0.2, -0.15) is 0 Å². The second kappa shape index (κ2) is 2.83. The molecule has 0 spiro atoms. The van der Waals surface area contributed by atoms with Gasteiger partial charge in [-0.1, -0.05) is 18.2 Å². The van der Waals surface area contributed by atoms with Gasteiger partial charge in [0.25, 0.3) is 6.43 Å². The van der Waals surface area contributed by atoms with Crippen LogP contribution < -0.4 is 0 Å². The maximum Gasteiger partial charge on any atom is 0.278 e. The SMILES string of the molecule is Cn1c(C(F)F)cc2ccccc21. The van der Waals surface area contributed by atoms with E-state index in [9.17, 15) is 8.78 Å².